The van der Waals surface area contributed by atoms with E-state index in [0.717, 1.165) is 49.9 Å². The molecule has 38 heavy (non-hydrogen) atoms. The molecule has 1 spiro atoms. The molecule has 2 saturated heterocycles. The lowest BCUT2D eigenvalue weighted by Crippen LogP contribution is -2.61. The summed E-state index contributed by atoms with van der Waals surface area (Å²) in [6, 6.07) is 16.9. The first kappa shape index (κ1) is 25.8. The second-order valence-corrected chi connectivity index (χ2v) is 10.8. The molecule has 5 rings (SSSR count). The minimum atomic E-state index is -0.525. The Morgan fingerprint density at radius 2 is 1.68 bits per heavy atom. The molecule has 2 aromatic rings. The summed E-state index contributed by atoms with van der Waals surface area (Å²) in [6.07, 6.45) is 3.87. The van der Waals surface area contributed by atoms with Gasteiger partial charge in [0.15, 0.2) is 0 Å². The molecule has 3 fully saturated rings. The molecule has 9 nitrogen and oxygen atoms in total. The van der Waals surface area contributed by atoms with Gasteiger partial charge in [0.05, 0.1) is 12.3 Å². The van der Waals surface area contributed by atoms with Gasteiger partial charge in [0.2, 0.25) is 17.7 Å². The Morgan fingerprint density at radius 1 is 0.974 bits per heavy atom. The van der Waals surface area contributed by atoms with Crippen LogP contribution in [0.15, 0.2) is 54.6 Å². The average molecular weight is 519 g/mol. The maximum Gasteiger partial charge on any atom is 0.411 e. The van der Waals surface area contributed by atoms with Crippen molar-refractivity contribution in [2.45, 2.75) is 51.2 Å². The summed E-state index contributed by atoms with van der Waals surface area (Å²) in [5.74, 6) is -0.236. The lowest BCUT2D eigenvalue weighted by Gasteiger charge is -2.53. The number of hydrogen-bond donors (Lipinski definition) is 3. The molecule has 0 aromatic heterocycles. The third-order valence-corrected chi connectivity index (χ3v) is 7.91. The van der Waals surface area contributed by atoms with E-state index in [9.17, 15) is 19.2 Å². The zero-order chi connectivity index (χ0) is 26.5. The fraction of sp³-hybridized carbons (Fsp3) is 0.448. The van der Waals surface area contributed by atoms with Crippen LogP contribution in [0.5, 0.6) is 0 Å². The number of rotatable bonds is 7. The van der Waals surface area contributed by atoms with Crippen LogP contribution < -0.4 is 16.0 Å². The van der Waals surface area contributed by atoms with Gasteiger partial charge in [-0.1, -0.05) is 42.5 Å². The van der Waals surface area contributed by atoms with E-state index < -0.39 is 6.09 Å². The Kier molecular flexibility index (Phi) is 7.62. The number of likely N-dealkylation sites (tertiary alicyclic amines) is 1. The van der Waals surface area contributed by atoms with Gasteiger partial charge in [-0.25, -0.2) is 4.79 Å². The number of nitrogens with one attached hydrogen (secondary N) is 3. The lowest BCUT2D eigenvalue weighted by atomic mass is 9.67. The summed E-state index contributed by atoms with van der Waals surface area (Å²) in [7, 11) is 0. The Hall–Kier alpha value is -3.88. The lowest BCUT2D eigenvalue weighted by molar-refractivity contribution is -0.145. The molecular weight excluding hydrogens is 484 g/mol. The fourth-order valence-corrected chi connectivity index (χ4v) is 5.61. The summed E-state index contributed by atoms with van der Waals surface area (Å²) in [5.41, 5.74) is 2.59. The number of carbonyl (C=O) groups excluding carboxylic acids is 4. The van der Waals surface area contributed by atoms with Gasteiger partial charge in [-0.05, 0) is 48.9 Å². The van der Waals surface area contributed by atoms with Crippen LogP contribution in [0.4, 0.5) is 10.5 Å². The summed E-state index contributed by atoms with van der Waals surface area (Å²) >= 11 is 0. The van der Waals surface area contributed by atoms with Crippen molar-refractivity contribution in [3.05, 3.63) is 65.7 Å². The van der Waals surface area contributed by atoms with Crippen LogP contribution in [0.2, 0.25) is 0 Å². The van der Waals surface area contributed by atoms with Gasteiger partial charge in [-0.2, -0.15) is 0 Å². The molecule has 4 amide bonds. The van der Waals surface area contributed by atoms with Crippen LogP contribution in [-0.2, 0) is 32.1 Å². The maximum atomic E-state index is 12.8. The number of ether oxygens (including phenoxy) is 1. The fourth-order valence-electron chi connectivity index (χ4n) is 5.61. The van der Waals surface area contributed by atoms with E-state index in [2.05, 4.69) is 16.0 Å². The molecule has 0 radical (unpaired) electrons. The van der Waals surface area contributed by atoms with Crippen LogP contribution in [-0.4, -0.2) is 54.4 Å². The summed E-state index contributed by atoms with van der Waals surface area (Å²) in [4.78, 5) is 50.5. The van der Waals surface area contributed by atoms with Crippen LogP contribution in [0.25, 0.3) is 0 Å². The Balaban J connectivity index is 1.01. The predicted octanol–water partition coefficient (Wildman–Crippen LogP) is 3.00. The largest absolute Gasteiger partial charge is 0.444 e. The molecule has 1 unspecified atom stereocenters. The highest BCUT2D eigenvalue weighted by molar-refractivity contribution is 5.89. The van der Waals surface area contributed by atoms with Crippen molar-refractivity contribution in [2.75, 3.05) is 25.0 Å². The number of carbonyl (C=O) groups is 4. The second kappa shape index (κ2) is 11.2. The van der Waals surface area contributed by atoms with E-state index in [0.29, 0.717) is 18.7 Å². The van der Waals surface area contributed by atoms with Crippen molar-refractivity contribution in [1.29, 1.82) is 0 Å². The highest BCUT2D eigenvalue weighted by Gasteiger charge is 2.47. The van der Waals surface area contributed by atoms with Gasteiger partial charge in [0.1, 0.15) is 6.61 Å². The molecule has 2 heterocycles. The molecule has 3 N–H and O–H groups in total. The molecule has 200 valence electrons. The van der Waals surface area contributed by atoms with Crippen molar-refractivity contribution in [3.63, 3.8) is 0 Å². The maximum absolute atomic E-state index is 12.8. The molecular formula is C29H34N4O5. The number of amides is 4. The van der Waals surface area contributed by atoms with Crippen molar-refractivity contribution in [1.82, 2.24) is 15.5 Å². The van der Waals surface area contributed by atoms with Crippen LogP contribution in [0, 0.1) is 11.3 Å². The zero-order valence-corrected chi connectivity index (χ0v) is 21.4. The Morgan fingerprint density at radius 3 is 2.34 bits per heavy atom. The molecule has 0 bridgehead atoms. The van der Waals surface area contributed by atoms with Gasteiger partial charge in [-0.3, -0.25) is 19.7 Å². The first-order chi connectivity index (χ1) is 18.4. The van der Waals surface area contributed by atoms with Crippen molar-refractivity contribution >= 4 is 29.5 Å². The number of hydrogen-bond acceptors (Lipinski definition) is 5. The molecule has 2 aromatic carbocycles. The van der Waals surface area contributed by atoms with E-state index in [1.54, 1.807) is 12.1 Å². The highest BCUT2D eigenvalue weighted by atomic mass is 16.5. The first-order valence-electron chi connectivity index (χ1n) is 13.3. The molecule has 1 saturated carbocycles. The minimum absolute atomic E-state index is 0.0278. The molecule has 9 heteroatoms. The third kappa shape index (κ3) is 6.33. The first-order valence-corrected chi connectivity index (χ1v) is 13.3. The van der Waals surface area contributed by atoms with Crippen LogP contribution >= 0.6 is 0 Å². The molecule has 1 atom stereocenters. The summed E-state index contributed by atoms with van der Waals surface area (Å²) < 4.78 is 5.24. The number of anilines is 1. The van der Waals surface area contributed by atoms with E-state index in [1.807, 2.05) is 47.4 Å². The number of benzene rings is 2. The van der Waals surface area contributed by atoms with E-state index in [4.69, 9.17) is 4.74 Å². The van der Waals surface area contributed by atoms with Gasteiger partial charge >= 0.3 is 6.09 Å². The van der Waals surface area contributed by atoms with Crippen LogP contribution in [0.1, 0.15) is 43.2 Å². The van der Waals surface area contributed by atoms with Gasteiger partial charge in [-0.15, -0.1) is 0 Å². The zero-order valence-electron chi connectivity index (χ0n) is 21.4. The third-order valence-electron chi connectivity index (χ3n) is 7.91. The minimum Gasteiger partial charge on any atom is -0.444 e. The molecule has 2 aliphatic heterocycles. The standard InChI is InChI=1S/C29H34N4O5/c34-25-15-22(16-30-25)27(36)31-24-10-12-29(13-11-24)18-33(19-29)26(35)14-20-6-8-23(9-7-20)32-28(37)38-17-21-4-2-1-3-5-21/h1-9,22,24H,10-19H2,(H,30,34)(H,31,36)(H,32,37). The highest BCUT2D eigenvalue weighted by Crippen LogP contribution is 2.44. The summed E-state index contributed by atoms with van der Waals surface area (Å²) in [5, 5.41) is 8.54. The van der Waals surface area contributed by atoms with Gasteiger partial charge < -0.3 is 20.3 Å². The second-order valence-electron chi connectivity index (χ2n) is 10.8. The monoisotopic (exact) mass is 518 g/mol. The van der Waals surface area contributed by atoms with E-state index in [1.165, 1.54) is 0 Å². The van der Waals surface area contributed by atoms with Crippen LogP contribution in [0.3, 0.4) is 0 Å². The molecule has 1 aliphatic carbocycles. The summed E-state index contributed by atoms with van der Waals surface area (Å²) in [6.45, 7) is 2.16. The van der Waals surface area contributed by atoms with Gasteiger partial charge in [0.25, 0.3) is 0 Å². The Labute approximate surface area is 222 Å². The van der Waals surface area contributed by atoms with Gasteiger partial charge in [0, 0.05) is 43.2 Å². The van der Waals surface area contributed by atoms with Crippen molar-refractivity contribution in [2.24, 2.45) is 11.3 Å². The SMILES string of the molecule is O=C1CC(C(=O)NC2CCC3(CC2)CN(C(=O)Cc2ccc(NC(=O)OCc4ccccc4)cc2)C3)CN1. The quantitative estimate of drug-likeness (QED) is 0.521. The normalized spacial score (nSPS) is 20.4. The van der Waals surface area contributed by atoms with Crippen molar-refractivity contribution < 1.29 is 23.9 Å². The molecule has 3 aliphatic rings. The predicted molar refractivity (Wildman–Crippen MR) is 141 cm³/mol. The Bertz CT molecular complexity index is 1170. The van der Waals surface area contributed by atoms with Crippen molar-refractivity contribution in [3.8, 4) is 0 Å². The van der Waals surface area contributed by atoms with E-state index >= 15 is 0 Å². The average Bonchev–Trinajstić information content (AvgIpc) is 3.35. The smallest absolute Gasteiger partial charge is 0.411 e. The topological polar surface area (TPSA) is 117 Å². The number of nitrogens with zero attached hydrogens (tertiary/aromatic N) is 1. The van der Waals surface area contributed by atoms with E-state index in [-0.39, 0.29) is 48.1 Å².